The molecule has 0 bridgehead atoms. The summed E-state index contributed by atoms with van der Waals surface area (Å²) in [6, 6.07) is 4.02. The van der Waals surface area contributed by atoms with Crippen molar-refractivity contribution in [3.05, 3.63) is 58.2 Å². The summed E-state index contributed by atoms with van der Waals surface area (Å²) in [5.41, 5.74) is 7.13. The van der Waals surface area contributed by atoms with Gasteiger partial charge in [-0.2, -0.15) is 0 Å². The first kappa shape index (κ1) is 25.8. The van der Waals surface area contributed by atoms with Crippen LogP contribution in [-0.4, -0.2) is 52.9 Å². The SMILES string of the molecule is CCN(CC)CCn1c(/C=C2\C(=O)Nc3ccc(F)cc32)c(C)c2c1COC(=O)/C(C(N)=O)=C\C(=O)O2. The van der Waals surface area contributed by atoms with Gasteiger partial charge in [-0.05, 0) is 44.3 Å². The fourth-order valence-corrected chi connectivity index (χ4v) is 4.44. The molecule has 0 fully saturated rings. The van der Waals surface area contributed by atoms with E-state index in [2.05, 4.69) is 10.2 Å². The number of nitrogens with one attached hydrogen (secondary N) is 1. The molecular formula is C26H27FN4O6. The molecule has 2 amide bonds. The molecule has 0 atom stereocenters. The molecule has 11 heteroatoms. The molecule has 194 valence electrons. The molecule has 1 aromatic carbocycles. The second-order valence-electron chi connectivity index (χ2n) is 8.59. The predicted octanol–water partition coefficient (Wildman–Crippen LogP) is 2.14. The zero-order valence-electron chi connectivity index (χ0n) is 20.7. The number of benzene rings is 1. The molecule has 0 radical (unpaired) electrons. The third-order valence-corrected chi connectivity index (χ3v) is 6.47. The highest BCUT2D eigenvalue weighted by atomic mass is 19.1. The Bertz CT molecular complexity index is 1370. The molecular weight excluding hydrogens is 483 g/mol. The summed E-state index contributed by atoms with van der Waals surface area (Å²) >= 11 is 0. The van der Waals surface area contributed by atoms with Crippen molar-refractivity contribution in [1.29, 1.82) is 0 Å². The molecule has 0 unspecified atom stereocenters. The maximum absolute atomic E-state index is 14.0. The molecule has 2 aromatic rings. The zero-order chi connectivity index (χ0) is 26.9. The van der Waals surface area contributed by atoms with Crippen LogP contribution in [0.1, 0.15) is 36.4 Å². The Morgan fingerprint density at radius 2 is 1.97 bits per heavy atom. The fraction of sp³-hybridized carbons (Fsp3) is 0.308. The average Bonchev–Trinajstić information content (AvgIpc) is 3.31. The van der Waals surface area contributed by atoms with Crippen LogP contribution in [0.15, 0.2) is 29.8 Å². The normalized spacial score (nSPS) is 17.7. The van der Waals surface area contributed by atoms with Gasteiger partial charge in [0.25, 0.3) is 11.8 Å². The van der Waals surface area contributed by atoms with Crippen LogP contribution in [0.5, 0.6) is 5.75 Å². The van der Waals surface area contributed by atoms with Gasteiger partial charge in [-0.15, -0.1) is 0 Å². The number of nitrogens with zero attached hydrogens (tertiary/aromatic N) is 2. The minimum Gasteiger partial charge on any atom is -0.455 e. The van der Waals surface area contributed by atoms with Crippen LogP contribution in [0, 0.1) is 12.7 Å². The molecule has 10 nitrogen and oxygen atoms in total. The lowest BCUT2D eigenvalue weighted by molar-refractivity contribution is -0.142. The van der Waals surface area contributed by atoms with Gasteiger partial charge >= 0.3 is 11.9 Å². The van der Waals surface area contributed by atoms with E-state index >= 15 is 0 Å². The first-order valence-corrected chi connectivity index (χ1v) is 11.8. The smallest absolute Gasteiger partial charge is 0.344 e. The first-order valence-electron chi connectivity index (χ1n) is 11.8. The molecule has 2 aliphatic rings. The zero-order valence-corrected chi connectivity index (χ0v) is 20.7. The number of halogens is 1. The van der Waals surface area contributed by atoms with Gasteiger partial charge in [0.2, 0.25) is 0 Å². The van der Waals surface area contributed by atoms with E-state index in [4.69, 9.17) is 15.2 Å². The van der Waals surface area contributed by atoms with Gasteiger partial charge in [-0.25, -0.2) is 14.0 Å². The standard InChI is InChI=1S/C26H27FN4O6/c1-4-30(5-2)8-9-31-20(11-17-16-10-15(27)6-7-19(16)29-25(17)34)14(3)23-21(31)13-36-26(35)18(24(28)33)12-22(32)37-23/h6-7,10-12H,4-5,8-9,13H2,1-3H3,(H2,28,33)(H,29,34)/b17-11-,18-12-. The first-order chi connectivity index (χ1) is 17.6. The Hall–Kier alpha value is -4.25. The van der Waals surface area contributed by atoms with E-state index in [-0.39, 0.29) is 17.9 Å². The van der Waals surface area contributed by atoms with E-state index < -0.39 is 35.1 Å². The van der Waals surface area contributed by atoms with Gasteiger partial charge in [-0.3, -0.25) is 9.59 Å². The van der Waals surface area contributed by atoms with Crippen LogP contribution in [0.3, 0.4) is 0 Å². The topological polar surface area (TPSA) is 133 Å². The van der Waals surface area contributed by atoms with Crippen LogP contribution in [0.25, 0.3) is 11.6 Å². The number of likely N-dealkylation sites (N-methyl/N-ethyl adjacent to an activating group) is 1. The maximum atomic E-state index is 14.0. The minimum absolute atomic E-state index is 0.143. The van der Waals surface area contributed by atoms with Crippen LogP contribution < -0.4 is 15.8 Å². The number of primary amides is 1. The number of rotatable bonds is 7. The van der Waals surface area contributed by atoms with Crippen LogP contribution in [0.2, 0.25) is 0 Å². The van der Waals surface area contributed by atoms with E-state index in [1.54, 1.807) is 17.6 Å². The van der Waals surface area contributed by atoms with E-state index in [0.717, 1.165) is 13.1 Å². The van der Waals surface area contributed by atoms with Crippen molar-refractivity contribution in [2.45, 2.75) is 33.9 Å². The summed E-state index contributed by atoms with van der Waals surface area (Å²) in [6.07, 6.45) is 2.31. The number of hydrogen-bond donors (Lipinski definition) is 2. The Morgan fingerprint density at radius 1 is 1.24 bits per heavy atom. The molecule has 0 saturated carbocycles. The van der Waals surface area contributed by atoms with Crippen molar-refractivity contribution in [3.8, 4) is 5.75 Å². The van der Waals surface area contributed by atoms with Crippen LogP contribution in [0.4, 0.5) is 10.1 Å². The molecule has 1 aromatic heterocycles. The highest BCUT2D eigenvalue weighted by Gasteiger charge is 2.30. The number of nitrogens with two attached hydrogens (primary N) is 1. The third kappa shape index (κ3) is 5.03. The number of ether oxygens (including phenoxy) is 2. The highest BCUT2D eigenvalue weighted by Crippen LogP contribution is 2.38. The lowest BCUT2D eigenvalue weighted by Gasteiger charge is -2.20. The molecule has 37 heavy (non-hydrogen) atoms. The van der Waals surface area contributed by atoms with Crippen LogP contribution in [-0.2, 0) is 37.1 Å². The number of esters is 2. The summed E-state index contributed by atoms with van der Waals surface area (Å²) in [4.78, 5) is 51.7. The Labute approximate surface area is 212 Å². The van der Waals surface area contributed by atoms with Gasteiger partial charge < -0.3 is 30.0 Å². The summed E-state index contributed by atoms with van der Waals surface area (Å²) in [6.45, 7) is 8.03. The molecule has 4 rings (SSSR count). The van der Waals surface area contributed by atoms with Crippen molar-refractivity contribution < 1.29 is 33.0 Å². The monoisotopic (exact) mass is 510 g/mol. The quantitative estimate of drug-likeness (QED) is 0.331. The van der Waals surface area contributed by atoms with Crippen molar-refractivity contribution in [3.63, 3.8) is 0 Å². The van der Waals surface area contributed by atoms with Crippen molar-refractivity contribution in [2.24, 2.45) is 5.73 Å². The second kappa shape index (κ2) is 10.4. The van der Waals surface area contributed by atoms with E-state index in [1.165, 1.54) is 18.2 Å². The number of fused-ring (bicyclic) bond motifs is 2. The van der Waals surface area contributed by atoms with Crippen molar-refractivity contribution >= 4 is 41.1 Å². The fourth-order valence-electron chi connectivity index (χ4n) is 4.44. The van der Waals surface area contributed by atoms with Gasteiger partial charge in [0.15, 0.2) is 5.75 Å². The summed E-state index contributed by atoms with van der Waals surface area (Å²) in [5.74, 6) is -3.88. The van der Waals surface area contributed by atoms with Gasteiger partial charge in [0.1, 0.15) is 18.0 Å². The average molecular weight is 511 g/mol. The number of carbonyl (C=O) groups excluding carboxylic acids is 4. The predicted molar refractivity (Wildman–Crippen MR) is 133 cm³/mol. The maximum Gasteiger partial charge on any atom is 0.344 e. The number of hydrogen-bond acceptors (Lipinski definition) is 7. The number of aromatic nitrogens is 1. The molecule has 0 saturated heterocycles. The van der Waals surface area contributed by atoms with E-state index in [1.807, 2.05) is 13.8 Å². The number of anilines is 1. The Balaban J connectivity index is 1.87. The van der Waals surface area contributed by atoms with Crippen molar-refractivity contribution in [2.75, 3.05) is 25.0 Å². The van der Waals surface area contributed by atoms with E-state index in [9.17, 15) is 23.6 Å². The lowest BCUT2D eigenvalue weighted by atomic mass is 10.0. The number of amides is 2. The largest absolute Gasteiger partial charge is 0.455 e. The van der Waals surface area contributed by atoms with Crippen LogP contribution >= 0.6 is 0 Å². The van der Waals surface area contributed by atoms with E-state index in [0.29, 0.717) is 47.4 Å². The summed E-state index contributed by atoms with van der Waals surface area (Å²) in [5, 5.41) is 2.72. The number of carbonyl (C=O) groups is 4. The number of cyclic esters (lactones) is 1. The second-order valence-corrected chi connectivity index (χ2v) is 8.59. The molecule has 3 N–H and O–H groups in total. The molecule has 3 heterocycles. The third-order valence-electron chi connectivity index (χ3n) is 6.47. The van der Waals surface area contributed by atoms with Gasteiger partial charge in [0, 0.05) is 41.7 Å². The summed E-state index contributed by atoms with van der Waals surface area (Å²) in [7, 11) is 0. The molecule has 0 spiro atoms. The van der Waals surface area contributed by atoms with Gasteiger partial charge in [0.05, 0.1) is 11.3 Å². The Kier molecular flexibility index (Phi) is 7.25. The Morgan fingerprint density at radius 3 is 2.65 bits per heavy atom. The minimum atomic E-state index is -1.11. The molecule has 2 aliphatic heterocycles. The van der Waals surface area contributed by atoms with Crippen molar-refractivity contribution in [1.82, 2.24) is 9.47 Å². The van der Waals surface area contributed by atoms with Gasteiger partial charge in [-0.1, -0.05) is 13.8 Å². The lowest BCUT2D eigenvalue weighted by Crippen LogP contribution is -2.28. The highest BCUT2D eigenvalue weighted by molar-refractivity contribution is 6.35. The molecule has 0 aliphatic carbocycles. The summed E-state index contributed by atoms with van der Waals surface area (Å²) < 4.78 is 26.7.